The van der Waals surface area contributed by atoms with Gasteiger partial charge in [0, 0.05) is 6.04 Å². The van der Waals surface area contributed by atoms with E-state index in [1.807, 2.05) is 6.92 Å². The van der Waals surface area contributed by atoms with Gasteiger partial charge in [-0.2, -0.15) is 0 Å². The average molecular weight is 225 g/mol. The highest BCUT2D eigenvalue weighted by molar-refractivity contribution is 5.78. The van der Waals surface area contributed by atoms with E-state index in [0.717, 1.165) is 32.1 Å². The molecule has 0 amide bonds. The second kappa shape index (κ2) is 4.74. The molecule has 0 aromatic heterocycles. The number of ether oxygens (including phenoxy) is 1. The smallest absolute Gasteiger partial charge is 0.313 e. The lowest BCUT2D eigenvalue weighted by Crippen LogP contribution is -2.43. The number of esters is 1. The fourth-order valence-electron chi connectivity index (χ4n) is 2.92. The molecule has 0 saturated heterocycles. The number of nitrogens with two attached hydrogens (primary N) is 1. The van der Waals surface area contributed by atoms with E-state index in [2.05, 4.69) is 0 Å². The molecule has 2 N–H and O–H groups in total. The predicted molar refractivity (Wildman–Crippen MR) is 62.9 cm³/mol. The van der Waals surface area contributed by atoms with E-state index < -0.39 is 5.41 Å². The van der Waals surface area contributed by atoms with Crippen LogP contribution in [0.15, 0.2) is 0 Å². The van der Waals surface area contributed by atoms with Crippen molar-refractivity contribution in [1.82, 2.24) is 0 Å². The molecule has 0 aliphatic heterocycles. The number of hydrogen-bond donors (Lipinski definition) is 1. The SMILES string of the molecule is CC1(C(=O)OC2CCCCC2)CCCC1N. The van der Waals surface area contributed by atoms with Crippen molar-refractivity contribution in [2.24, 2.45) is 11.1 Å². The van der Waals surface area contributed by atoms with Crippen molar-refractivity contribution < 1.29 is 9.53 Å². The van der Waals surface area contributed by atoms with Crippen LogP contribution in [0.1, 0.15) is 58.3 Å². The summed E-state index contributed by atoms with van der Waals surface area (Å²) in [6.07, 6.45) is 8.80. The van der Waals surface area contributed by atoms with Gasteiger partial charge in [-0.15, -0.1) is 0 Å². The van der Waals surface area contributed by atoms with Gasteiger partial charge in [-0.3, -0.25) is 4.79 Å². The van der Waals surface area contributed by atoms with E-state index in [1.54, 1.807) is 0 Å². The van der Waals surface area contributed by atoms with Crippen LogP contribution < -0.4 is 5.73 Å². The topological polar surface area (TPSA) is 52.3 Å². The second-order valence-corrected chi connectivity index (χ2v) is 5.58. The van der Waals surface area contributed by atoms with Gasteiger partial charge in [0.05, 0.1) is 5.41 Å². The zero-order valence-electron chi connectivity index (χ0n) is 10.2. The Labute approximate surface area is 97.7 Å². The maximum absolute atomic E-state index is 12.1. The second-order valence-electron chi connectivity index (χ2n) is 5.58. The van der Waals surface area contributed by atoms with E-state index in [0.29, 0.717) is 0 Å². The molecule has 92 valence electrons. The van der Waals surface area contributed by atoms with Gasteiger partial charge in [-0.1, -0.05) is 12.8 Å². The Morgan fingerprint density at radius 1 is 1.19 bits per heavy atom. The molecule has 2 rings (SSSR count). The molecule has 0 spiro atoms. The lowest BCUT2D eigenvalue weighted by molar-refractivity contribution is -0.162. The molecule has 0 bridgehead atoms. The van der Waals surface area contributed by atoms with Gasteiger partial charge in [-0.25, -0.2) is 0 Å². The Bertz CT molecular complexity index is 261. The van der Waals surface area contributed by atoms with Crippen molar-refractivity contribution in [3.63, 3.8) is 0 Å². The minimum atomic E-state index is -0.419. The number of rotatable bonds is 2. The van der Waals surface area contributed by atoms with Crippen molar-refractivity contribution in [2.75, 3.05) is 0 Å². The van der Waals surface area contributed by atoms with Gasteiger partial charge < -0.3 is 10.5 Å². The maximum atomic E-state index is 12.1. The molecule has 2 fully saturated rings. The first-order chi connectivity index (χ1) is 7.63. The third kappa shape index (κ3) is 2.24. The Kier molecular flexibility index (Phi) is 3.53. The molecule has 3 nitrogen and oxygen atoms in total. The molecule has 0 radical (unpaired) electrons. The minimum Gasteiger partial charge on any atom is -0.462 e. The molecule has 0 aromatic rings. The van der Waals surface area contributed by atoms with Crippen molar-refractivity contribution in [1.29, 1.82) is 0 Å². The van der Waals surface area contributed by atoms with Gasteiger partial charge >= 0.3 is 5.97 Å². The Hall–Kier alpha value is -0.570. The predicted octanol–water partition coefficient (Wildman–Crippen LogP) is 2.38. The van der Waals surface area contributed by atoms with Crippen LogP contribution in [0.5, 0.6) is 0 Å². The Morgan fingerprint density at radius 2 is 1.88 bits per heavy atom. The first kappa shape index (κ1) is 11.9. The highest BCUT2D eigenvalue weighted by Gasteiger charge is 2.45. The molecule has 16 heavy (non-hydrogen) atoms. The number of carbonyl (C=O) groups excluding carboxylic acids is 1. The molecule has 0 heterocycles. The zero-order chi connectivity index (χ0) is 11.6. The van der Waals surface area contributed by atoms with E-state index in [1.165, 1.54) is 19.3 Å². The summed E-state index contributed by atoms with van der Waals surface area (Å²) in [4.78, 5) is 12.1. The van der Waals surface area contributed by atoms with Gasteiger partial charge in [0.1, 0.15) is 6.10 Å². The largest absolute Gasteiger partial charge is 0.462 e. The number of carbonyl (C=O) groups is 1. The van der Waals surface area contributed by atoms with Gasteiger partial charge in [-0.05, 0) is 45.4 Å². The van der Waals surface area contributed by atoms with E-state index in [-0.39, 0.29) is 18.1 Å². The van der Waals surface area contributed by atoms with Crippen molar-refractivity contribution in [3.8, 4) is 0 Å². The summed E-state index contributed by atoms with van der Waals surface area (Å²) in [7, 11) is 0. The summed E-state index contributed by atoms with van der Waals surface area (Å²) >= 11 is 0. The van der Waals surface area contributed by atoms with Gasteiger partial charge in [0.15, 0.2) is 0 Å². The summed E-state index contributed by atoms with van der Waals surface area (Å²) in [5.74, 6) is -0.0515. The molecule has 2 saturated carbocycles. The van der Waals surface area contributed by atoms with Crippen LogP contribution in [-0.2, 0) is 9.53 Å². The summed E-state index contributed by atoms with van der Waals surface area (Å²) in [5, 5.41) is 0. The van der Waals surface area contributed by atoms with Crippen LogP contribution in [0, 0.1) is 5.41 Å². The third-order valence-electron chi connectivity index (χ3n) is 4.32. The quantitative estimate of drug-likeness (QED) is 0.734. The van der Waals surface area contributed by atoms with Crippen LogP contribution in [0.25, 0.3) is 0 Å². The summed E-state index contributed by atoms with van der Waals surface area (Å²) in [6.45, 7) is 1.97. The molecule has 2 aliphatic carbocycles. The first-order valence-corrected chi connectivity index (χ1v) is 6.59. The van der Waals surface area contributed by atoms with Gasteiger partial charge in [0.25, 0.3) is 0 Å². The average Bonchev–Trinajstić information content (AvgIpc) is 2.62. The van der Waals surface area contributed by atoms with E-state index in [4.69, 9.17) is 10.5 Å². The van der Waals surface area contributed by atoms with E-state index >= 15 is 0 Å². The lowest BCUT2D eigenvalue weighted by Gasteiger charge is -2.30. The molecule has 2 atom stereocenters. The maximum Gasteiger partial charge on any atom is 0.313 e. The van der Waals surface area contributed by atoms with Crippen LogP contribution in [-0.4, -0.2) is 18.1 Å². The first-order valence-electron chi connectivity index (χ1n) is 6.59. The standard InChI is InChI=1S/C13H23NO2/c1-13(9-5-8-11(13)14)12(15)16-10-6-3-2-4-7-10/h10-11H,2-9,14H2,1H3. The lowest BCUT2D eigenvalue weighted by atomic mass is 9.85. The molecule has 2 unspecified atom stereocenters. The summed E-state index contributed by atoms with van der Waals surface area (Å²) in [6, 6.07) is -0.0106. The summed E-state index contributed by atoms with van der Waals surface area (Å²) in [5.41, 5.74) is 5.60. The summed E-state index contributed by atoms with van der Waals surface area (Å²) < 4.78 is 5.63. The van der Waals surface area contributed by atoms with Crippen LogP contribution in [0.2, 0.25) is 0 Å². The molecular weight excluding hydrogens is 202 g/mol. The third-order valence-corrected chi connectivity index (χ3v) is 4.32. The van der Waals surface area contributed by atoms with Crippen molar-refractivity contribution in [2.45, 2.75) is 70.4 Å². The van der Waals surface area contributed by atoms with Crippen molar-refractivity contribution in [3.05, 3.63) is 0 Å². The highest BCUT2D eigenvalue weighted by Crippen LogP contribution is 2.38. The Morgan fingerprint density at radius 3 is 2.44 bits per heavy atom. The molecule has 2 aliphatic rings. The monoisotopic (exact) mass is 225 g/mol. The number of hydrogen-bond acceptors (Lipinski definition) is 3. The molecule has 3 heteroatoms. The van der Waals surface area contributed by atoms with Crippen molar-refractivity contribution >= 4 is 5.97 Å². The normalized spacial score (nSPS) is 36.2. The fourth-order valence-corrected chi connectivity index (χ4v) is 2.92. The molecular formula is C13H23NO2. The molecule has 0 aromatic carbocycles. The Balaban J connectivity index is 1.91. The highest BCUT2D eigenvalue weighted by atomic mass is 16.5. The minimum absolute atomic E-state index is 0.0106. The van der Waals surface area contributed by atoms with Gasteiger partial charge in [0.2, 0.25) is 0 Å². The van der Waals surface area contributed by atoms with Crippen LogP contribution in [0.3, 0.4) is 0 Å². The fraction of sp³-hybridized carbons (Fsp3) is 0.923. The zero-order valence-corrected chi connectivity index (χ0v) is 10.2. The van der Waals surface area contributed by atoms with Crippen LogP contribution >= 0.6 is 0 Å². The van der Waals surface area contributed by atoms with Crippen LogP contribution in [0.4, 0.5) is 0 Å². The van der Waals surface area contributed by atoms with E-state index in [9.17, 15) is 4.79 Å².